The topological polar surface area (TPSA) is 74.2 Å². The van der Waals surface area contributed by atoms with Gasteiger partial charge in [0.2, 0.25) is 0 Å². The first-order chi connectivity index (χ1) is 17.4. The Morgan fingerprint density at radius 1 is 0.944 bits per heavy atom. The molecule has 0 aliphatic carbocycles. The first-order valence-corrected chi connectivity index (χ1v) is 12.0. The van der Waals surface area contributed by atoms with Gasteiger partial charge in [0.15, 0.2) is 0 Å². The van der Waals surface area contributed by atoms with E-state index in [2.05, 4.69) is 34.7 Å². The van der Waals surface area contributed by atoms with Gasteiger partial charge in [0, 0.05) is 30.7 Å². The lowest BCUT2D eigenvalue weighted by atomic mass is 9.99. The van der Waals surface area contributed by atoms with Crippen molar-refractivity contribution in [3.05, 3.63) is 113 Å². The molecule has 0 aliphatic rings. The van der Waals surface area contributed by atoms with Gasteiger partial charge in [0.1, 0.15) is 11.6 Å². The highest BCUT2D eigenvalue weighted by Crippen LogP contribution is 2.18. The second-order valence-corrected chi connectivity index (χ2v) is 8.81. The highest BCUT2D eigenvalue weighted by atomic mass is 19.1. The van der Waals surface area contributed by atoms with Gasteiger partial charge in [-0.15, -0.1) is 0 Å². The zero-order valence-corrected chi connectivity index (χ0v) is 20.0. The largest absolute Gasteiger partial charge is 0.390 e. The van der Waals surface area contributed by atoms with Crippen LogP contribution in [0.5, 0.6) is 0 Å². The summed E-state index contributed by atoms with van der Waals surface area (Å²) in [5.74, 6) is -1.82. The summed E-state index contributed by atoms with van der Waals surface area (Å²) in [5.41, 5.74) is 3.72. The molecule has 186 valence electrons. The molecule has 36 heavy (non-hydrogen) atoms. The smallest absolute Gasteiger partial charge is 0.252 e. The summed E-state index contributed by atoms with van der Waals surface area (Å²) in [5, 5.41) is 17.8. The van der Waals surface area contributed by atoms with Gasteiger partial charge in [0.05, 0.1) is 23.2 Å². The lowest BCUT2D eigenvalue weighted by molar-refractivity contribution is 0.0831. The highest BCUT2D eigenvalue weighted by Gasteiger charge is 2.24. The minimum absolute atomic E-state index is 0.0532. The van der Waals surface area contributed by atoms with E-state index in [1.807, 2.05) is 30.3 Å². The first kappa shape index (κ1) is 25.4. The maximum atomic E-state index is 13.8. The molecule has 0 saturated heterocycles. The third kappa shape index (κ3) is 6.50. The van der Waals surface area contributed by atoms with Crippen LogP contribution in [0.4, 0.5) is 8.78 Å². The van der Waals surface area contributed by atoms with Crippen molar-refractivity contribution in [3.63, 3.8) is 0 Å². The minimum atomic E-state index is -1.01. The summed E-state index contributed by atoms with van der Waals surface area (Å²) in [4.78, 5) is 17.5. The minimum Gasteiger partial charge on any atom is -0.390 e. The number of nitrogens with zero attached hydrogens (tertiary/aromatic N) is 1. The summed E-state index contributed by atoms with van der Waals surface area (Å²) in [6, 6.07) is 19.5. The number of hydrogen-bond donors (Lipinski definition) is 3. The fourth-order valence-electron chi connectivity index (χ4n) is 4.27. The van der Waals surface area contributed by atoms with Crippen LogP contribution < -0.4 is 10.6 Å². The molecule has 1 aromatic heterocycles. The van der Waals surface area contributed by atoms with Crippen LogP contribution in [0.15, 0.2) is 79.0 Å². The molecule has 3 aromatic carbocycles. The third-order valence-corrected chi connectivity index (χ3v) is 6.13. The molecule has 0 bridgehead atoms. The predicted molar refractivity (Wildman–Crippen MR) is 137 cm³/mol. The van der Waals surface area contributed by atoms with E-state index in [1.54, 1.807) is 18.3 Å². The normalized spacial score (nSPS) is 12.9. The summed E-state index contributed by atoms with van der Waals surface area (Å²) in [6.07, 6.45) is 1.52. The van der Waals surface area contributed by atoms with Crippen molar-refractivity contribution < 1.29 is 18.7 Å². The fraction of sp³-hybridized carbons (Fsp3) is 0.241. The summed E-state index contributed by atoms with van der Waals surface area (Å²) < 4.78 is 27.6. The average molecular weight is 490 g/mol. The van der Waals surface area contributed by atoms with Crippen molar-refractivity contribution in [1.82, 2.24) is 15.6 Å². The Morgan fingerprint density at radius 3 is 2.47 bits per heavy atom. The number of aryl methyl sites for hydroxylation is 1. The molecule has 0 aliphatic heterocycles. The molecular weight excluding hydrogens is 460 g/mol. The Balaban J connectivity index is 1.51. The lowest BCUT2D eigenvalue weighted by Gasteiger charge is -2.25. The Morgan fingerprint density at radius 2 is 1.69 bits per heavy atom. The monoisotopic (exact) mass is 489 g/mol. The number of carbonyl (C=O) groups is 1. The molecule has 2 atom stereocenters. The van der Waals surface area contributed by atoms with Crippen molar-refractivity contribution in [2.24, 2.45) is 0 Å². The number of hydrogen-bond acceptors (Lipinski definition) is 4. The molecule has 3 N–H and O–H groups in total. The number of amides is 1. The van der Waals surface area contributed by atoms with Gasteiger partial charge < -0.3 is 15.7 Å². The van der Waals surface area contributed by atoms with Crippen molar-refractivity contribution in [2.45, 2.75) is 38.5 Å². The number of aromatic nitrogens is 1. The van der Waals surface area contributed by atoms with Crippen LogP contribution in [-0.4, -0.2) is 34.7 Å². The van der Waals surface area contributed by atoms with E-state index in [4.69, 9.17) is 0 Å². The molecule has 0 saturated carbocycles. The third-order valence-electron chi connectivity index (χ3n) is 6.13. The van der Waals surface area contributed by atoms with Crippen LogP contribution >= 0.6 is 0 Å². The van der Waals surface area contributed by atoms with Gasteiger partial charge >= 0.3 is 0 Å². The number of aliphatic hydroxyl groups excluding tert-OH is 1. The maximum absolute atomic E-state index is 13.8. The van der Waals surface area contributed by atoms with E-state index in [1.165, 1.54) is 17.7 Å². The zero-order chi connectivity index (χ0) is 25.5. The molecule has 1 heterocycles. The number of para-hydroxylation sites is 1. The fourth-order valence-corrected chi connectivity index (χ4v) is 4.27. The average Bonchev–Trinajstić information content (AvgIpc) is 2.87. The number of rotatable bonds is 10. The quantitative estimate of drug-likeness (QED) is 0.305. The van der Waals surface area contributed by atoms with E-state index in [0.29, 0.717) is 28.6 Å². The molecule has 0 fully saturated rings. The molecule has 4 aromatic rings. The Bertz CT molecular complexity index is 1320. The van der Waals surface area contributed by atoms with Crippen molar-refractivity contribution >= 4 is 16.8 Å². The Hall–Kier alpha value is -3.68. The summed E-state index contributed by atoms with van der Waals surface area (Å²) in [7, 11) is 0. The van der Waals surface area contributed by atoms with Gasteiger partial charge in [-0.1, -0.05) is 49.4 Å². The van der Waals surface area contributed by atoms with Crippen molar-refractivity contribution in [2.75, 3.05) is 6.54 Å². The van der Waals surface area contributed by atoms with Crippen LogP contribution in [0.2, 0.25) is 0 Å². The molecule has 0 spiro atoms. The summed E-state index contributed by atoms with van der Waals surface area (Å²) in [6.45, 7) is 2.80. The van der Waals surface area contributed by atoms with Gasteiger partial charge in [-0.25, -0.2) is 8.78 Å². The molecule has 4 rings (SSSR count). The predicted octanol–water partition coefficient (Wildman–Crippen LogP) is 4.57. The highest BCUT2D eigenvalue weighted by molar-refractivity contribution is 6.06. The van der Waals surface area contributed by atoms with Gasteiger partial charge in [-0.3, -0.25) is 9.78 Å². The first-order valence-electron chi connectivity index (χ1n) is 12.0. The number of aliphatic hydroxyl groups is 1. The second kappa shape index (κ2) is 11.8. The molecule has 1 amide bonds. The number of pyridine rings is 1. The molecule has 7 heteroatoms. The molecule has 5 nitrogen and oxygen atoms in total. The van der Waals surface area contributed by atoms with Gasteiger partial charge in [0.25, 0.3) is 5.91 Å². The Kier molecular flexibility index (Phi) is 8.36. The van der Waals surface area contributed by atoms with E-state index >= 15 is 0 Å². The second-order valence-electron chi connectivity index (χ2n) is 8.81. The standard InChI is InChI=1S/C29H29F2N3O2/c1-2-19-6-5-7-20(12-19)17-32-18-28(35)27(15-21-13-22(30)16-23(31)14-21)34-29(36)25-10-11-33-26-9-4-3-8-24(25)26/h3-14,16,27-28,32,35H,2,15,17-18H2,1H3,(H,34,36). The van der Waals surface area contributed by atoms with E-state index in [-0.39, 0.29) is 13.0 Å². The van der Waals surface area contributed by atoms with Crippen molar-refractivity contribution in [3.8, 4) is 0 Å². The number of benzene rings is 3. The van der Waals surface area contributed by atoms with E-state index < -0.39 is 29.7 Å². The number of halogens is 2. The van der Waals surface area contributed by atoms with Crippen LogP contribution in [0, 0.1) is 11.6 Å². The molecular formula is C29H29F2N3O2. The van der Waals surface area contributed by atoms with Crippen molar-refractivity contribution in [1.29, 1.82) is 0 Å². The van der Waals surface area contributed by atoms with Crippen LogP contribution in [0.1, 0.15) is 34.0 Å². The van der Waals surface area contributed by atoms with Crippen LogP contribution in [-0.2, 0) is 19.4 Å². The van der Waals surface area contributed by atoms with Crippen LogP contribution in [0.25, 0.3) is 10.9 Å². The number of carbonyl (C=O) groups excluding carboxylic acids is 1. The van der Waals surface area contributed by atoms with Gasteiger partial charge in [-0.2, -0.15) is 0 Å². The summed E-state index contributed by atoms with van der Waals surface area (Å²) >= 11 is 0. The maximum Gasteiger partial charge on any atom is 0.252 e. The van der Waals surface area contributed by atoms with Crippen LogP contribution in [0.3, 0.4) is 0 Å². The van der Waals surface area contributed by atoms with Gasteiger partial charge in [-0.05, 0) is 53.8 Å². The SMILES string of the molecule is CCc1cccc(CNCC(O)C(Cc2cc(F)cc(F)c2)NC(=O)c2ccnc3ccccc23)c1. The van der Waals surface area contributed by atoms with E-state index in [9.17, 15) is 18.7 Å². The molecule has 0 radical (unpaired) electrons. The molecule has 2 unspecified atom stereocenters. The van der Waals surface area contributed by atoms with E-state index in [0.717, 1.165) is 18.1 Å². The Labute approximate surface area is 209 Å². The lowest BCUT2D eigenvalue weighted by Crippen LogP contribution is -2.48. The number of fused-ring (bicyclic) bond motifs is 1. The zero-order valence-electron chi connectivity index (χ0n) is 20.0. The number of nitrogens with one attached hydrogen (secondary N) is 2.